The van der Waals surface area contributed by atoms with Gasteiger partial charge in [0.2, 0.25) is 5.75 Å². The third-order valence-electron chi connectivity index (χ3n) is 6.32. The molecule has 4 rings (SSSR count). The van der Waals surface area contributed by atoms with E-state index >= 15 is 0 Å². The molecule has 2 aliphatic rings. The van der Waals surface area contributed by atoms with Crippen LogP contribution >= 0.6 is 0 Å². The highest BCUT2D eigenvalue weighted by atomic mass is 16.6. The van der Waals surface area contributed by atoms with E-state index in [2.05, 4.69) is 4.98 Å². The molecule has 13 heteroatoms. The van der Waals surface area contributed by atoms with Crippen molar-refractivity contribution in [2.75, 3.05) is 62.8 Å². The fourth-order valence-corrected chi connectivity index (χ4v) is 4.33. The van der Waals surface area contributed by atoms with Crippen LogP contribution in [0, 0.1) is 0 Å². The summed E-state index contributed by atoms with van der Waals surface area (Å²) >= 11 is 0. The van der Waals surface area contributed by atoms with Crippen LogP contribution in [0.25, 0.3) is 5.65 Å². The number of aromatic nitrogens is 2. The second-order valence-corrected chi connectivity index (χ2v) is 10.3. The summed E-state index contributed by atoms with van der Waals surface area (Å²) in [7, 11) is 1.19. The predicted octanol–water partition coefficient (Wildman–Crippen LogP) is 2.67. The SMILES string of the molecule is CCCCOc1c(C(=O)OC)nc2c(N3CCOC3=O)cc(N3CCN(C(=O)OC(C)(C)C)CC3)cn2c1=O. The van der Waals surface area contributed by atoms with E-state index < -0.39 is 23.2 Å². The van der Waals surface area contributed by atoms with Gasteiger partial charge in [0.15, 0.2) is 11.3 Å². The first-order valence-corrected chi connectivity index (χ1v) is 13.0. The maximum Gasteiger partial charge on any atom is 0.414 e. The Hall–Kier alpha value is -4.03. The summed E-state index contributed by atoms with van der Waals surface area (Å²) in [6.45, 7) is 9.85. The number of hydrogen-bond acceptors (Lipinski definition) is 10. The highest BCUT2D eigenvalue weighted by Gasteiger charge is 2.31. The lowest BCUT2D eigenvalue weighted by molar-refractivity contribution is 0.0240. The van der Waals surface area contributed by atoms with E-state index in [1.165, 1.54) is 16.4 Å². The molecule has 0 N–H and O–H groups in total. The zero-order chi connectivity index (χ0) is 28.3. The van der Waals surface area contributed by atoms with Gasteiger partial charge in [-0.2, -0.15) is 0 Å². The Kier molecular flexibility index (Phi) is 8.17. The van der Waals surface area contributed by atoms with Crippen molar-refractivity contribution in [3.8, 4) is 5.75 Å². The summed E-state index contributed by atoms with van der Waals surface area (Å²) in [6, 6.07) is 1.73. The molecule has 0 saturated carbocycles. The van der Waals surface area contributed by atoms with Crippen molar-refractivity contribution < 1.29 is 33.3 Å². The van der Waals surface area contributed by atoms with Gasteiger partial charge >= 0.3 is 23.7 Å². The molecule has 4 heterocycles. The van der Waals surface area contributed by atoms with E-state index in [4.69, 9.17) is 18.9 Å². The molecule has 0 aliphatic carbocycles. The van der Waals surface area contributed by atoms with Crippen molar-refractivity contribution >= 4 is 35.2 Å². The van der Waals surface area contributed by atoms with Crippen molar-refractivity contribution in [2.24, 2.45) is 0 Å². The summed E-state index contributed by atoms with van der Waals surface area (Å²) in [5.41, 5.74) is -0.411. The number of carbonyl (C=O) groups excluding carboxylic acids is 3. The number of cyclic esters (lactones) is 1. The minimum atomic E-state index is -0.821. The number of methoxy groups -OCH3 is 1. The van der Waals surface area contributed by atoms with Gasteiger partial charge in [0.05, 0.1) is 31.6 Å². The number of ether oxygens (including phenoxy) is 4. The van der Waals surface area contributed by atoms with E-state index in [0.717, 1.165) is 6.42 Å². The fourth-order valence-electron chi connectivity index (χ4n) is 4.33. The molecule has 2 aliphatic heterocycles. The number of piperazine rings is 1. The van der Waals surface area contributed by atoms with Gasteiger partial charge in [-0.15, -0.1) is 0 Å². The summed E-state index contributed by atoms with van der Waals surface area (Å²) in [5, 5.41) is 0. The molecule has 0 radical (unpaired) electrons. The molecule has 2 aromatic heterocycles. The van der Waals surface area contributed by atoms with E-state index in [1.54, 1.807) is 17.2 Å². The standard InChI is InChI=1S/C26H35N5O8/c1-6-7-13-37-20-19(23(33)36-5)27-21-18(30-12-14-38-25(30)35)15-17(16-31(21)22(20)32)28-8-10-29(11-9-28)24(34)39-26(2,3)4/h15-16H,6-14H2,1-5H3. The summed E-state index contributed by atoms with van der Waals surface area (Å²) in [4.78, 5) is 60.8. The second kappa shape index (κ2) is 11.4. The van der Waals surface area contributed by atoms with Crippen LogP contribution in [0.5, 0.6) is 5.75 Å². The number of esters is 1. The summed E-state index contributed by atoms with van der Waals surface area (Å²) < 4.78 is 22.5. The quantitative estimate of drug-likeness (QED) is 0.291. The van der Waals surface area contributed by atoms with Gasteiger partial charge in [0, 0.05) is 32.4 Å². The van der Waals surface area contributed by atoms with Crippen LogP contribution in [0.3, 0.4) is 0 Å². The van der Waals surface area contributed by atoms with E-state index in [1.807, 2.05) is 32.6 Å². The van der Waals surface area contributed by atoms with E-state index in [-0.39, 0.29) is 42.9 Å². The van der Waals surface area contributed by atoms with Crippen molar-refractivity contribution in [2.45, 2.75) is 46.1 Å². The number of anilines is 2. The topological polar surface area (TPSA) is 132 Å². The maximum atomic E-state index is 13.7. The Bertz CT molecular complexity index is 1310. The maximum absolute atomic E-state index is 13.7. The van der Waals surface area contributed by atoms with Gasteiger partial charge < -0.3 is 28.7 Å². The van der Waals surface area contributed by atoms with Crippen LogP contribution in [0.15, 0.2) is 17.1 Å². The molecule has 39 heavy (non-hydrogen) atoms. The molecule has 2 aromatic rings. The summed E-state index contributed by atoms with van der Waals surface area (Å²) in [5.74, 6) is -1.03. The first-order chi connectivity index (χ1) is 18.5. The van der Waals surface area contributed by atoms with Crippen molar-refractivity contribution in [1.82, 2.24) is 14.3 Å². The number of nitrogens with zero attached hydrogens (tertiary/aromatic N) is 5. The lowest BCUT2D eigenvalue weighted by Crippen LogP contribution is -2.50. The van der Waals surface area contributed by atoms with Crippen molar-refractivity contribution in [3.05, 3.63) is 28.3 Å². The minimum absolute atomic E-state index is 0.0956. The van der Waals surface area contributed by atoms with Gasteiger partial charge in [0.25, 0.3) is 0 Å². The Morgan fingerprint density at radius 3 is 2.41 bits per heavy atom. The molecule has 0 spiro atoms. The third-order valence-corrected chi connectivity index (χ3v) is 6.32. The molecule has 2 amide bonds. The average Bonchev–Trinajstić information content (AvgIpc) is 3.33. The van der Waals surface area contributed by atoms with Crippen LogP contribution < -0.4 is 20.1 Å². The monoisotopic (exact) mass is 545 g/mol. The largest absolute Gasteiger partial charge is 0.486 e. The van der Waals surface area contributed by atoms with Crippen molar-refractivity contribution in [3.63, 3.8) is 0 Å². The molecule has 2 saturated heterocycles. The third kappa shape index (κ3) is 6.02. The lowest BCUT2D eigenvalue weighted by Gasteiger charge is -2.37. The first-order valence-electron chi connectivity index (χ1n) is 13.0. The molecular formula is C26H35N5O8. The molecule has 2 fully saturated rings. The Morgan fingerprint density at radius 1 is 1.10 bits per heavy atom. The number of rotatable bonds is 7. The normalized spacial score (nSPS) is 15.9. The summed E-state index contributed by atoms with van der Waals surface area (Å²) in [6.07, 6.45) is 2.14. The second-order valence-electron chi connectivity index (χ2n) is 10.3. The number of unbranched alkanes of at least 4 members (excludes halogenated alkanes) is 1. The zero-order valence-electron chi connectivity index (χ0n) is 23.0. The Labute approximate surface area is 226 Å². The smallest absolute Gasteiger partial charge is 0.414 e. The molecule has 0 aromatic carbocycles. The lowest BCUT2D eigenvalue weighted by atomic mass is 10.2. The van der Waals surface area contributed by atoms with E-state index in [9.17, 15) is 19.2 Å². The van der Waals surface area contributed by atoms with Crippen molar-refractivity contribution in [1.29, 1.82) is 0 Å². The molecule has 212 valence electrons. The molecule has 0 bridgehead atoms. The number of hydrogen-bond donors (Lipinski definition) is 0. The van der Waals surface area contributed by atoms with Gasteiger partial charge in [-0.1, -0.05) is 13.3 Å². The number of fused-ring (bicyclic) bond motifs is 1. The molecule has 13 nitrogen and oxygen atoms in total. The van der Waals surface area contributed by atoms with Gasteiger partial charge in [-0.3, -0.25) is 14.1 Å². The van der Waals surface area contributed by atoms with Crippen LogP contribution in [-0.2, 0) is 14.2 Å². The number of carbonyl (C=O) groups is 3. The van der Waals surface area contributed by atoms with Crippen LogP contribution in [0.1, 0.15) is 51.0 Å². The zero-order valence-corrected chi connectivity index (χ0v) is 23.0. The van der Waals surface area contributed by atoms with Gasteiger partial charge in [0.1, 0.15) is 12.2 Å². The van der Waals surface area contributed by atoms with Crippen LogP contribution in [0.2, 0.25) is 0 Å². The Morgan fingerprint density at radius 2 is 1.82 bits per heavy atom. The minimum Gasteiger partial charge on any atom is -0.486 e. The average molecular weight is 546 g/mol. The Balaban J connectivity index is 1.76. The molecule has 0 unspecified atom stereocenters. The number of pyridine rings is 1. The number of amides is 2. The highest BCUT2D eigenvalue weighted by molar-refractivity contribution is 5.96. The van der Waals surface area contributed by atoms with Gasteiger partial charge in [-0.25, -0.2) is 19.4 Å². The molecule has 0 atom stereocenters. The first kappa shape index (κ1) is 28.0. The molecular weight excluding hydrogens is 510 g/mol. The predicted molar refractivity (Wildman–Crippen MR) is 142 cm³/mol. The van der Waals surface area contributed by atoms with Gasteiger partial charge in [-0.05, 0) is 33.3 Å². The fraction of sp³-hybridized carbons (Fsp3) is 0.577. The van der Waals surface area contributed by atoms with E-state index in [0.29, 0.717) is 44.0 Å². The highest BCUT2D eigenvalue weighted by Crippen LogP contribution is 2.30. The van der Waals surface area contributed by atoms with Crippen LogP contribution in [0.4, 0.5) is 21.0 Å². The van der Waals surface area contributed by atoms with Crippen LogP contribution in [-0.4, -0.2) is 91.1 Å².